The van der Waals surface area contributed by atoms with E-state index < -0.39 is 5.97 Å². The van der Waals surface area contributed by atoms with E-state index in [4.69, 9.17) is 10.8 Å². The third-order valence-electron chi connectivity index (χ3n) is 3.87. The molecule has 0 radical (unpaired) electrons. The maximum atomic E-state index is 12.2. The standard InChI is InChI=1S/C15H20N2O3S/c1-10-12(16)3-2-4-13(10)21-9-14(18)17-7-5-11(6-8-17)15(19)20/h2-4,11H,5-9,16H2,1H3,(H,19,20). The second-order valence-electron chi connectivity index (χ2n) is 5.25. The number of hydrogen-bond acceptors (Lipinski definition) is 4. The molecule has 0 aliphatic carbocycles. The van der Waals surface area contributed by atoms with Gasteiger partial charge in [-0.25, -0.2) is 0 Å². The average Bonchev–Trinajstić information content (AvgIpc) is 2.48. The number of thioether (sulfide) groups is 1. The minimum Gasteiger partial charge on any atom is -0.481 e. The number of carbonyl (C=O) groups excluding carboxylic acids is 1. The molecular formula is C15H20N2O3S. The third-order valence-corrected chi connectivity index (χ3v) is 5.02. The summed E-state index contributed by atoms with van der Waals surface area (Å²) in [6, 6.07) is 5.69. The Morgan fingerprint density at radius 2 is 2.05 bits per heavy atom. The van der Waals surface area contributed by atoms with Gasteiger partial charge in [0.25, 0.3) is 0 Å². The fraction of sp³-hybridized carbons (Fsp3) is 0.467. The molecule has 1 aliphatic heterocycles. The van der Waals surface area contributed by atoms with E-state index >= 15 is 0 Å². The van der Waals surface area contributed by atoms with Gasteiger partial charge in [0.15, 0.2) is 0 Å². The van der Waals surface area contributed by atoms with Crippen LogP contribution in [0.15, 0.2) is 23.1 Å². The molecule has 5 nitrogen and oxygen atoms in total. The zero-order chi connectivity index (χ0) is 15.4. The molecule has 0 saturated carbocycles. The molecule has 3 N–H and O–H groups in total. The van der Waals surface area contributed by atoms with Crippen molar-refractivity contribution in [2.75, 3.05) is 24.6 Å². The van der Waals surface area contributed by atoms with Gasteiger partial charge >= 0.3 is 5.97 Å². The zero-order valence-corrected chi connectivity index (χ0v) is 12.9. The number of amides is 1. The van der Waals surface area contributed by atoms with Gasteiger partial charge in [-0.2, -0.15) is 0 Å². The fourth-order valence-electron chi connectivity index (χ4n) is 2.39. The fourth-order valence-corrected chi connectivity index (χ4v) is 3.37. The highest BCUT2D eigenvalue weighted by atomic mass is 32.2. The van der Waals surface area contributed by atoms with Crippen LogP contribution < -0.4 is 5.73 Å². The van der Waals surface area contributed by atoms with Crippen LogP contribution in [0.5, 0.6) is 0 Å². The van der Waals surface area contributed by atoms with Crippen molar-refractivity contribution in [1.29, 1.82) is 0 Å². The SMILES string of the molecule is Cc1c(N)cccc1SCC(=O)N1CCC(C(=O)O)CC1. The molecule has 1 aliphatic rings. The Hall–Kier alpha value is -1.69. The van der Waals surface area contributed by atoms with Crippen LogP contribution in [0.4, 0.5) is 5.69 Å². The van der Waals surface area contributed by atoms with E-state index in [2.05, 4.69) is 0 Å². The predicted molar refractivity (Wildman–Crippen MR) is 83.3 cm³/mol. The van der Waals surface area contributed by atoms with E-state index in [9.17, 15) is 9.59 Å². The van der Waals surface area contributed by atoms with Crippen molar-refractivity contribution in [3.63, 3.8) is 0 Å². The van der Waals surface area contributed by atoms with Crippen LogP contribution in [0.1, 0.15) is 18.4 Å². The van der Waals surface area contributed by atoms with Crippen molar-refractivity contribution >= 4 is 29.3 Å². The second-order valence-corrected chi connectivity index (χ2v) is 6.27. The number of aliphatic carboxylic acids is 1. The van der Waals surface area contributed by atoms with Crippen LogP contribution in [-0.4, -0.2) is 40.7 Å². The van der Waals surface area contributed by atoms with Crippen LogP contribution in [0, 0.1) is 12.8 Å². The van der Waals surface area contributed by atoms with Gasteiger partial charge < -0.3 is 15.7 Å². The number of carboxylic acid groups (broad SMARTS) is 1. The predicted octanol–water partition coefficient (Wildman–Crippen LogP) is 1.99. The number of benzene rings is 1. The molecule has 0 unspecified atom stereocenters. The first-order chi connectivity index (χ1) is 9.99. The lowest BCUT2D eigenvalue weighted by molar-refractivity contribution is -0.145. The van der Waals surface area contributed by atoms with Gasteiger partial charge in [-0.05, 0) is 37.5 Å². The number of anilines is 1. The lowest BCUT2D eigenvalue weighted by atomic mass is 9.97. The first-order valence-corrected chi connectivity index (χ1v) is 7.96. The Balaban J connectivity index is 1.85. The normalized spacial score (nSPS) is 16.0. The van der Waals surface area contributed by atoms with E-state index in [-0.39, 0.29) is 11.8 Å². The molecule has 1 aromatic carbocycles. The lowest BCUT2D eigenvalue weighted by Gasteiger charge is -2.30. The smallest absolute Gasteiger partial charge is 0.306 e. The van der Waals surface area contributed by atoms with E-state index in [1.165, 1.54) is 11.8 Å². The first kappa shape index (κ1) is 15.7. The Bertz CT molecular complexity index is 540. The monoisotopic (exact) mass is 308 g/mol. The summed E-state index contributed by atoms with van der Waals surface area (Å²) >= 11 is 1.48. The van der Waals surface area contributed by atoms with Gasteiger partial charge in [-0.3, -0.25) is 9.59 Å². The van der Waals surface area contributed by atoms with Gasteiger partial charge in [-0.1, -0.05) is 6.07 Å². The Morgan fingerprint density at radius 3 is 2.67 bits per heavy atom. The average molecular weight is 308 g/mol. The van der Waals surface area contributed by atoms with Gasteiger partial charge in [0.2, 0.25) is 5.91 Å². The van der Waals surface area contributed by atoms with E-state index in [1.807, 2.05) is 25.1 Å². The number of carbonyl (C=O) groups is 2. The van der Waals surface area contributed by atoms with E-state index in [0.29, 0.717) is 31.7 Å². The largest absolute Gasteiger partial charge is 0.481 e. The number of likely N-dealkylation sites (tertiary alicyclic amines) is 1. The molecule has 6 heteroatoms. The Morgan fingerprint density at radius 1 is 1.38 bits per heavy atom. The summed E-state index contributed by atoms with van der Waals surface area (Å²) in [5.41, 5.74) is 7.58. The molecule has 0 spiro atoms. The van der Waals surface area contributed by atoms with Crippen molar-refractivity contribution in [2.24, 2.45) is 5.92 Å². The summed E-state index contributed by atoms with van der Waals surface area (Å²) in [4.78, 5) is 25.8. The van der Waals surface area contributed by atoms with E-state index in [0.717, 1.165) is 16.1 Å². The Labute approximate surface area is 128 Å². The van der Waals surface area contributed by atoms with Crippen molar-refractivity contribution < 1.29 is 14.7 Å². The van der Waals surface area contributed by atoms with Gasteiger partial charge in [-0.15, -0.1) is 11.8 Å². The highest BCUT2D eigenvalue weighted by molar-refractivity contribution is 8.00. The molecule has 1 aromatic rings. The molecule has 114 valence electrons. The first-order valence-electron chi connectivity index (χ1n) is 6.97. The number of hydrogen-bond donors (Lipinski definition) is 2. The van der Waals surface area contributed by atoms with Crippen LogP contribution in [-0.2, 0) is 9.59 Å². The quantitative estimate of drug-likeness (QED) is 0.656. The third kappa shape index (κ3) is 3.91. The minimum atomic E-state index is -0.758. The van der Waals surface area contributed by atoms with Crippen molar-refractivity contribution in [3.8, 4) is 0 Å². The molecule has 0 bridgehead atoms. The summed E-state index contributed by atoms with van der Waals surface area (Å²) in [5, 5.41) is 8.95. The summed E-state index contributed by atoms with van der Waals surface area (Å²) in [6.07, 6.45) is 1.09. The highest BCUT2D eigenvalue weighted by Crippen LogP contribution is 2.27. The highest BCUT2D eigenvalue weighted by Gasteiger charge is 2.26. The number of nitrogens with two attached hydrogens (primary N) is 1. The minimum absolute atomic E-state index is 0.0608. The molecule has 0 aromatic heterocycles. The van der Waals surface area contributed by atoms with Gasteiger partial charge in [0.1, 0.15) is 0 Å². The maximum Gasteiger partial charge on any atom is 0.306 e. The summed E-state index contributed by atoms with van der Waals surface area (Å²) in [7, 11) is 0. The molecule has 1 amide bonds. The Kier molecular flexibility index (Phi) is 5.12. The summed E-state index contributed by atoms with van der Waals surface area (Å²) < 4.78 is 0. The van der Waals surface area contributed by atoms with Crippen LogP contribution >= 0.6 is 11.8 Å². The van der Waals surface area contributed by atoms with Crippen LogP contribution in [0.25, 0.3) is 0 Å². The molecule has 21 heavy (non-hydrogen) atoms. The topological polar surface area (TPSA) is 83.6 Å². The number of piperidine rings is 1. The lowest BCUT2D eigenvalue weighted by Crippen LogP contribution is -2.41. The molecule has 0 atom stereocenters. The van der Waals surface area contributed by atoms with Crippen molar-refractivity contribution in [3.05, 3.63) is 23.8 Å². The van der Waals surface area contributed by atoms with Crippen LogP contribution in [0.2, 0.25) is 0 Å². The maximum absolute atomic E-state index is 12.2. The molecular weight excluding hydrogens is 288 g/mol. The molecule has 2 rings (SSSR count). The second kappa shape index (κ2) is 6.85. The number of carboxylic acids is 1. The summed E-state index contributed by atoms with van der Waals surface area (Å²) in [5.74, 6) is -0.641. The van der Waals surface area contributed by atoms with E-state index in [1.54, 1.807) is 4.90 Å². The van der Waals surface area contributed by atoms with Crippen molar-refractivity contribution in [2.45, 2.75) is 24.7 Å². The molecule has 1 fully saturated rings. The van der Waals surface area contributed by atoms with Gasteiger partial charge in [0.05, 0.1) is 11.7 Å². The van der Waals surface area contributed by atoms with Gasteiger partial charge in [0, 0.05) is 23.7 Å². The molecule has 1 heterocycles. The number of nitrogen functional groups attached to an aromatic ring is 1. The number of nitrogens with zero attached hydrogens (tertiary/aromatic N) is 1. The van der Waals surface area contributed by atoms with Crippen molar-refractivity contribution in [1.82, 2.24) is 4.90 Å². The van der Waals surface area contributed by atoms with Crippen LogP contribution in [0.3, 0.4) is 0 Å². The zero-order valence-electron chi connectivity index (χ0n) is 12.0. The summed E-state index contributed by atoms with van der Waals surface area (Å²) in [6.45, 7) is 3.01. The molecule has 1 saturated heterocycles. The number of rotatable bonds is 4.